The first kappa shape index (κ1) is 15.7. The van der Waals surface area contributed by atoms with E-state index in [1.807, 2.05) is 0 Å². The topological polar surface area (TPSA) is 21.3 Å². The molecule has 0 amide bonds. The molecule has 1 aliphatic heterocycles. The Bertz CT molecular complexity index is 421. The van der Waals surface area contributed by atoms with Crippen LogP contribution in [0.15, 0.2) is 18.2 Å². The van der Waals surface area contributed by atoms with Gasteiger partial charge in [-0.2, -0.15) is 0 Å². The van der Waals surface area contributed by atoms with Crippen molar-refractivity contribution in [2.75, 3.05) is 19.8 Å². The molecule has 2 rings (SSSR count). The highest BCUT2D eigenvalue weighted by molar-refractivity contribution is 6.30. The van der Waals surface area contributed by atoms with E-state index in [2.05, 4.69) is 12.2 Å². The molecule has 0 aromatic heterocycles. The Morgan fingerprint density at radius 3 is 2.80 bits per heavy atom. The monoisotopic (exact) mass is 299 g/mol. The highest BCUT2D eigenvalue weighted by Crippen LogP contribution is 2.23. The van der Waals surface area contributed by atoms with Gasteiger partial charge in [-0.05, 0) is 55.8 Å². The number of benzene rings is 1. The average Bonchev–Trinajstić information content (AvgIpc) is 2.46. The van der Waals surface area contributed by atoms with Gasteiger partial charge in [0.25, 0.3) is 0 Å². The zero-order valence-electron chi connectivity index (χ0n) is 12.0. The summed E-state index contributed by atoms with van der Waals surface area (Å²) in [6.45, 7) is 4.75. The van der Waals surface area contributed by atoms with E-state index in [0.717, 1.165) is 44.6 Å². The molecular formula is C16H23ClFNO. The molecule has 0 saturated carbocycles. The van der Waals surface area contributed by atoms with E-state index in [9.17, 15) is 4.39 Å². The second-order valence-corrected chi connectivity index (χ2v) is 5.89. The lowest BCUT2D eigenvalue weighted by Crippen LogP contribution is -2.41. The van der Waals surface area contributed by atoms with Crippen molar-refractivity contribution >= 4 is 11.6 Å². The number of halogens is 2. The van der Waals surface area contributed by atoms with Crippen molar-refractivity contribution in [3.8, 4) is 0 Å². The lowest BCUT2D eigenvalue weighted by Gasteiger charge is -2.31. The SMILES string of the molecule is CCCNC(Cc1ccc(Cl)cc1F)C1CCOCC1. The molecule has 1 aliphatic rings. The van der Waals surface area contributed by atoms with Crippen molar-refractivity contribution in [2.24, 2.45) is 5.92 Å². The van der Waals surface area contributed by atoms with Gasteiger partial charge >= 0.3 is 0 Å². The van der Waals surface area contributed by atoms with Crippen LogP contribution in [0.2, 0.25) is 5.02 Å². The molecule has 0 aliphatic carbocycles. The third-order valence-electron chi connectivity index (χ3n) is 3.95. The lowest BCUT2D eigenvalue weighted by molar-refractivity contribution is 0.0537. The van der Waals surface area contributed by atoms with Crippen LogP contribution >= 0.6 is 11.6 Å². The first-order chi connectivity index (χ1) is 9.70. The maximum atomic E-state index is 14.0. The molecule has 2 nitrogen and oxygen atoms in total. The van der Waals surface area contributed by atoms with Crippen molar-refractivity contribution in [1.29, 1.82) is 0 Å². The number of nitrogens with one attached hydrogen (secondary N) is 1. The third kappa shape index (κ3) is 4.44. The second-order valence-electron chi connectivity index (χ2n) is 5.45. The van der Waals surface area contributed by atoms with Crippen LogP contribution in [0.4, 0.5) is 4.39 Å². The molecule has 1 N–H and O–H groups in total. The maximum absolute atomic E-state index is 14.0. The van der Waals surface area contributed by atoms with Gasteiger partial charge < -0.3 is 10.1 Å². The van der Waals surface area contributed by atoms with Gasteiger partial charge in [0, 0.05) is 24.3 Å². The minimum absolute atomic E-state index is 0.201. The van der Waals surface area contributed by atoms with Gasteiger partial charge in [-0.15, -0.1) is 0 Å². The Kier molecular flexibility index (Phi) is 6.27. The quantitative estimate of drug-likeness (QED) is 0.862. The molecule has 20 heavy (non-hydrogen) atoms. The largest absolute Gasteiger partial charge is 0.381 e. The predicted octanol–water partition coefficient (Wildman–Crippen LogP) is 3.82. The van der Waals surface area contributed by atoms with E-state index >= 15 is 0 Å². The van der Waals surface area contributed by atoms with Crippen molar-refractivity contribution in [1.82, 2.24) is 5.32 Å². The van der Waals surface area contributed by atoms with E-state index in [0.29, 0.717) is 23.4 Å². The van der Waals surface area contributed by atoms with Gasteiger partial charge in [-0.1, -0.05) is 24.6 Å². The fourth-order valence-electron chi connectivity index (χ4n) is 2.78. The Labute approximate surface area is 125 Å². The lowest BCUT2D eigenvalue weighted by atomic mass is 9.87. The van der Waals surface area contributed by atoms with Gasteiger partial charge in [0.2, 0.25) is 0 Å². The van der Waals surface area contributed by atoms with Gasteiger partial charge in [-0.25, -0.2) is 4.39 Å². The number of rotatable bonds is 6. The summed E-state index contributed by atoms with van der Waals surface area (Å²) in [4.78, 5) is 0. The molecule has 4 heteroatoms. The van der Waals surface area contributed by atoms with Crippen molar-refractivity contribution in [3.05, 3.63) is 34.6 Å². The van der Waals surface area contributed by atoms with Crippen molar-refractivity contribution in [3.63, 3.8) is 0 Å². The Morgan fingerprint density at radius 1 is 1.40 bits per heavy atom. The van der Waals surface area contributed by atoms with Crippen LogP contribution in [0.3, 0.4) is 0 Å². The van der Waals surface area contributed by atoms with Gasteiger partial charge in [-0.3, -0.25) is 0 Å². The van der Waals surface area contributed by atoms with Crippen molar-refractivity contribution < 1.29 is 9.13 Å². The fourth-order valence-corrected chi connectivity index (χ4v) is 2.94. The molecule has 112 valence electrons. The van der Waals surface area contributed by atoms with E-state index < -0.39 is 0 Å². The summed E-state index contributed by atoms with van der Waals surface area (Å²) < 4.78 is 19.4. The molecule has 1 aromatic carbocycles. The third-order valence-corrected chi connectivity index (χ3v) is 4.18. The van der Waals surface area contributed by atoms with Crippen LogP contribution in [-0.2, 0) is 11.2 Å². The summed E-state index contributed by atoms with van der Waals surface area (Å²) in [6.07, 6.45) is 3.91. The molecule has 0 bridgehead atoms. The molecule has 0 spiro atoms. The molecule has 1 heterocycles. The minimum atomic E-state index is -0.201. The average molecular weight is 300 g/mol. The standard InChI is InChI=1S/C16H23ClFNO/c1-2-7-19-16(12-5-8-20-9-6-12)10-13-3-4-14(17)11-15(13)18/h3-4,11-12,16,19H,2,5-10H2,1H3. The van der Waals surface area contributed by atoms with E-state index in [4.69, 9.17) is 16.3 Å². The summed E-state index contributed by atoms with van der Waals surface area (Å²) in [5, 5.41) is 4.03. The summed E-state index contributed by atoms with van der Waals surface area (Å²) in [5.41, 5.74) is 0.745. The maximum Gasteiger partial charge on any atom is 0.127 e. The van der Waals surface area contributed by atoms with Gasteiger partial charge in [0.1, 0.15) is 5.82 Å². The van der Waals surface area contributed by atoms with Crippen LogP contribution in [0.5, 0.6) is 0 Å². The summed E-state index contributed by atoms with van der Waals surface area (Å²) in [7, 11) is 0. The summed E-state index contributed by atoms with van der Waals surface area (Å²) in [5.74, 6) is 0.359. The second kappa shape index (κ2) is 7.96. The highest BCUT2D eigenvalue weighted by Gasteiger charge is 2.24. The smallest absolute Gasteiger partial charge is 0.127 e. The Balaban J connectivity index is 2.05. The predicted molar refractivity (Wildman–Crippen MR) is 80.7 cm³/mol. The molecule has 1 fully saturated rings. The first-order valence-corrected chi connectivity index (χ1v) is 7.83. The van der Waals surface area contributed by atoms with Crippen LogP contribution in [0, 0.1) is 11.7 Å². The van der Waals surface area contributed by atoms with Crippen molar-refractivity contribution in [2.45, 2.75) is 38.6 Å². The first-order valence-electron chi connectivity index (χ1n) is 7.45. The molecule has 1 unspecified atom stereocenters. The van der Waals surface area contributed by atoms with Gasteiger partial charge in [0.15, 0.2) is 0 Å². The van der Waals surface area contributed by atoms with Crippen LogP contribution in [-0.4, -0.2) is 25.8 Å². The number of ether oxygens (including phenoxy) is 1. The highest BCUT2D eigenvalue weighted by atomic mass is 35.5. The molecule has 1 aromatic rings. The molecule has 1 saturated heterocycles. The Hall–Kier alpha value is -0.640. The fraction of sp³-hybridized carbons (Fsp3) is 0.625. The molecule has 1 atom stereocenters. The van der Waals surface area contributed by atoms with E-state index in [-0.39, 0.29) is 5.82 Å². The van der Waals surface area contributed by atoms with Crippen LogP contribution in [0.1, 0.15) is 31.7 Å². The van der Waals surface area contributed by atoms with Crippen LogP contribution < -0.4 is 5.32 Å². The number of hydrogen-bond donors (Lipinski definition) is 1. The minimum Gasteiger partial charge on any atom is -0.381 e. The van der Waals surface area contributed by atoms with E-state index in [1.165, 1.54) is 6.07 Å². The molecular weight excluding hydrogens is 277 g/mol. The Morgan fingerprint density at radius 2 is 2.15 bits per heavy atom. The zero-order valence-corrected chi connectivity index (χ0v) is 12.8. The van der Waals surface area contributed by atoms with Gasteiger partial charge in [0.05, 0.1) is 0 Å². The van der Waals surface area contributed by atoms with Crippen LogP contribution in [0.25, 0.3) is 0 Å². The normalized spacial score (nSPS) is 18.1. The summed E-state index contributed by atoms with van der Waals surface area (Å²) in [6, 6.07) is 5.28. The van der Waals surface area contributed by atoms with E-state index in [1.54, 1.807) is 12.1 Å². The molecule has 0 radical (unpaired) electrons. The summed E-state index contributed by atoms with van der Waals surface area (Å²) >= 11 is 5.81. The number of hydrogen-bond acceptors (Lipinski definition) is 2. The zero-order chi connectivity index (χ0) is 14.4.